The SMILES string of the molecule is CC(=O)C(=O)C(CC1CC1)NC(C)(C)C.CC(=O)C(=O)C(CC1CCC1)NC(C)(C)C.CC(C)(C)NC(CC1CCC1)C(=O)C(=O)NC1CC1.CCCC(NC(C)(C)C)C(=O)C(=O)NC(C)(C)C.CCCC(NC(C)(C)C)C(=O)C(=O)NC1Cc2ccccc2C1.CCCC(NC(C)(C)C)C(=O)C(=O)Nc1nc2ccccc2s1.CCCC(NC(C)(C)C)C(=O)C(N)=O.CCCC(NC(C)(C)C)C(O)C(C)=O. The van der Waals surface area contributed by atoms with Crippen molar-refractivity contribution in [3.8, 4) is 0 Å². The van der Waals surface area contributed by atoms with Gasteiger partial charge in [-0.2, -0.15) is 0 Å². The van der Waals surface area contributed by atoms with Gasteiger partial charge in [0, 0.05) is 81.8 Å². The maximum Gasteiger partial charge on any atom is 0.295 e. The normalized spacial score (nSPS) is 16.5. The smallest absolute Gasteiger partial charge is 0.295 e. The molecule has 2 aromatic carbocycles. The molecule has 5 aliphatic carbocycles. The van der Waals surface area contributed by atoms with Crippen LogP contribution in [0.1, 0.15) is 401 Å². The molecule has 0 bridgehead atoms. The van der Waals surface area contributed by atoms with Crippen LogP contribution in [0.5, 0.6) is 0 Å². The number of nitrogens with zero attached hydrogens (tertiary/aromatic N) is 1. The highest BCUT2D eigenvalue weighted by Crippen LogP contribution is 2.36. The van der Waals surface area contributed by atoms with E-state index in [0.29, 0.717) is 48.6 Å². The highest BCUT2D eigenvalue weighted by molar-refractivity contribution is 7.22. The highest BCUT2D eigenvalue weighted by atomic mass is 32.1. The molecule has 808 valence electrons. The lowest BCUT2D eigenvalue weighted by Gasteiger charge is -2.33. The molecule has 1 heterocycles. The molecule has 0 radical (unpaired) electrons. The molecular formula is C111H192N14O16S. The number of hydrogen-bond donors (Lipinski definition) is 14. The van der Waals surface area contributed by atoms with Gasteiger partial charge in [0.1, 0.15) is 6.10 Å². The number of Topliss-reactive ketones (excluding diaryl/α,β-unsaturated/α-hetero) is 10. The van der Waals surface area contributed by atoms with Gasteiger partial charge in [0.25, 0.3) is 29.5 Å². The van der Waals surface area contributed by atoms with Crippen molar-refractivity contribution in [3.63, 3.8) is 0 Å². The molecule has 0 aliphatic heterocycles. The maximum atomic E-state index is 12.5. The van der Waals surface area contributed by atoms with Gasteiger partial charge < -0.3 is 69.3 Å². The summed E-state index contributed by atoms with van der Waals surface area (Å²) in [5.41, 5.74) is 6.66. The van der Waals surface area contributed by atoms with E-state index in [0.717, 1.165) is 93.7 Å². The number of rotatable bonds is 43. The zero-order valence-electron chi connectivity index (χ0n) is 93.9. The Hall–Kier alpha value is -7.98. The van der Waals surface area contributed by atoms with Crippen molar-refractivity contribution in [3.05, 3.63) is 59.7 Å². The number of fused-ring (bicyclic) bond motifs is 2. The second-order valence-corrected chi connectivity index (χ2v) is 49.7. The van der Waals surface area contributed by atoms with E-state index in [2.05, 4.69) is 80.9 Å². The second-order valence-electron chi connectivity index (χ2n) is 48.6. The first kappa shape index (κ1) is 132. The van der Waals surface area contributed by atoms with Gasteiger partial charge in [-0.05, 0) is 312 Å². The van der Waals surface area contributed by atoms with Crippen LogP contribution in [0, 0.1) is 17.8 Å². The van der Waals surface area contributed by atoms with Crippen LogP contribution in [0.2, 0.25) is 0 Å². The Morgan fingerprint density at radius 1 is 0.352 bits per heavy atom. The summed E-state index contributed by atoms with van der Waals surface area (Å²) >= 11 is 1.37. The number of para-hydroxylation sites is 1. The lowest BCUT2D eigenvalue weighted by Crippen LogP contribution is -2.54. The van der Waals surface area contributed by atoms with Gasteiger partial charge in [-0.25, -0.2) is 4.98 Å². The standard InChI is InChI=1S/C19H28N2O2.C17H23N3O2S.C15H26N2O2.C14H28N2O2.C13H23NO2.C12H21NO2.C11H23NO2.C10H20N2O2/c1-5-8-16(21-19(2,3)4)17(22)18(23)20-15-11-13-9-6-7-10-14(13)12-15;1-5-8-12(20-17(2,3)4)14(21)15(22)19-16-18-11-9-6-7-10-13(11)23-16;1-15(2,3)17-12(9-10-5-4-6-10)13(18)14(19)16-11-7-8-11;1-8-9-10(15-13(2,3)4)11(17)12(18)16-14(5,6)7;1-9(15)12(16)11(14-13(2,3)4)8-10-6-5-7-10;1-8(14)11(15)10(7-9-5-6-9)13-12(2,3)4;1-6-7-9(10(14)8(2)13)12-11(3,4)5;1-5-6-7(8(13)9(11)14)12-10(2,3)4/h6-7,9-10,15-16,21H,5,8,11-12H2,1-4H3,(H,20,23);6-7,9-10,12,20H,5,8H2,1-4H3,(H,18,19,22);10-12,17H,4-9H2,1-3H3,(H,16,19);10,15H,8-9H2,1-7H3,(H,16,18);10-11,14H,5-8H2,1-4H3;9-10,13H,5-7H2,1-4H3;9-10,12,14H,6-7H2,1-5H3;7,12H,5-6H2,1-4H3,(H2,11,14). The summed E-state index contributed by atoms with van der Waals surface area (Å²) < 4.78 is 0.980. The van der Waals surface area contributed by atoms with E-state index in [9.17, 15) is 77.0 Å². The summed E-state index contributed by atoms with van der Waals surface area (Å²) in [5, 5.41) is 47.1. The maximum absolute atomic E-state index is 12.5. The van der Waals surface area contributed by atoms with Gasteiger partial charge in [-0.15, -0.1) is 0 Å². The van der Waals surface area contributed by atoms with Crippen molar-refractivity contribution < 1.29 is 77.0 Å². The fraction of sp³-hybridized carbons (Fsp3) is 0.748. The largest absolute Gasteiger partial charge is 0.384 e. The predicted octanol–water partition coefficient (Wildman–Crippen LogP) is 15.4. The number of carbonyl (C=O) groups is 15. The predicted molar refractivity (Wildman–Crippen MR) is 575 cm³/mol. The van der Waals surface area contributed by atoms with E-state index in [-0.39, 0.29) is 132 Å². The molecule has 142 heavy (non-hydrogen) atoms. The van der Waals surface area contributed by atoms with E-state index < -0.39 is 71.4 Å². The van der Waals surface area contributed by atoms with Gasteiger partial charge in [-0.1, -0.05) is 166 Å². The zero-order chi connectivity index (χ0) is 109. The number of primary amides is 1. The van der Waals surface area contributed by atoms with Crippen LogP contribution in [0.15, 0.2) is 48.5 Å². The summed E-state index contributed by atoms with van der Waals surface area (Å²) in [7, 11) is 0. The molecule has 4 saturated carbocycles. The average molecular weight is 2010 g/mol. The van der Waals surface area contributed by atoms with Crippen molar-refractivity contribution in [1.82, 2.24) is 63.5 Å². The van der Waals surface area contributed by atoms with Crippen LogP contribution >= 0.6 is 11.3 Å². The number of nitrogens with two attached hydrogens (primary N) is 1. The van der Waals surface area contributed by atoms with E-state index in [4.69, 9.17) is 5.73 Å². The first-order valence-corrected chi connectivity index (χ1v) is 53.0. The molecule has 4 fully saturated rings. The molecule has 9 unspecified atom stereocenters. The van der Waals surface area contributed by atoms with Crippen LogP contribution in [0.4, 0.5) is 5.13 Å². The minimum atomic E-state index is -0.880. The summed E-state index contributed by atoms with van der Waals surface area (Å²) in [6, 6.07) is 13.3. The number of anilines is 1. The Bertz CT molecular complexity index is 4440. The van der Waals surface area contributed by atoms with Crippen molar-refractivity contribution in [2.24, 2.45) is 23.5 Å². The van der Waals surface area contributed by atoms with E-state index in [1.54, 1.807) is 0 Å². The molecule has 5 aliphatic rings. The average Bonchev–Trinajstić information content (AvgIpc) is 1.79. The van der Waals surface area contributed by atoms with E-state index in [1.165, 1.54) is 94.6 Å². The molecule has 0 spiro atoms. The van der Waals surface area contributed by atoms with Crippen LogP contribution in [0.3, 0.4) is 0 Å². The highest BCUT2D eigenvalue weighted by Gasteiger charge is 2.40. The molecule has 15 N–H and O–H groups in total. The Labute approximate surface area is 857 Å². The lowest BCUT2D eigenvalue weighted by atomic mass is 9.79. The Kier molecular flexibility index (Phi) is 56.7. The fourth-order valence-electron chi connectivity index (χ4n) is 16.0. The first-order chi connectivity index (χ1) is 65.0. The van der Waals surface area contributed by atoms with Crippen LogP contribution < -0.4 is 69.5 Å². The molecule has 8 rings (SSSR count). The third-order valence-corrected chi connectivity index (χ3v) is 23.7. The number of aromatic nitrogens is 1. The van der Waals surface area contributed by atoms with Gasteiger partial charge >= 0.3 is 0 Å². The molecule has 5 amide bonds. The lowest BCUT2D eigenvalue weighted by molar-refractivity contribution is -0.140. The van der Waals surface area contributed by atoms with Gasteiger partial charge in [0.05, 0.1) is 52.5 Å². The number of amides is 5. The summed E-state index contributed by atoms with van der Waals surface area (Å²) in [4.78, 5) is 181. The van der Waals surface area contributed by atoms with Crippen molar-refractivity contribution in [2.45, 2.75) is 519 Å². The Morgan fingerprint density at radius 3 is 0.937 bits per heavy atom. The number of benzene rings is 2. The van der Waals surface area contributed by atoms with Crippen molar-refractivity contribution in [2.75, 3.05) is 5.32 Å². The number of ketones is 10. The topological polar surface area (TPSA) is 460 Å². The number of aliphatic hydroxyl groups is 1. The molecule has 3 aromatic rings. The quantitative estimate of drug-likeness (QED) is 0.0234. The monoisotopic (exact) mass is 2010 g/mol. The number of carbonyl (C=O) groups excluding carboxylic acids is 15. The van der Waals surface area contributed by atoms with Crippen molar-refractivity contribution in [1.29, 1.82) is 0 Å². The third kappa shape index (κ3) is 59.0. The van der Waals surface area contributed by atoms with Gasteiger partial charge in [0.2, 0.25) is 40.5 Å². The number of thiazole rings is 1. The summed E-state index contributed by atoms with van der Waals surface area (Å²) in [6.45, 7) is 67.9. The van der Waals surface area contributed by atoms with E-state index >= 15 is 0 Å². The minimum Gasteiger partial charge on any atom is -0.384 e. The van der Waals surface area contributed by atoms with Crippen LogP contribution in [0.25, 0.3) is 10.2 Å². The Balaban J connectivity index is 0.000000817. The molecule has 1 aromatic heterocycles. The minimum absolute atomic E-state index is 0.0285. The van der Waals surface area contributed by atoms with E-state index in [1.807, 2.05) is 258 Å². The number of aliphatic hydroxyl groups excluding tert-OH is 1. The molecular weight excluding hydrogens is 1820 g/mol. The molecule has 31 heteroatoms. The van der Waals surface area contributed by atoms with Crippen molar-refractivity contribution >= 4 is 114 Å². The summed E-state index contributed by atoms with van der Waals surface area (Å²) in [6.07, 6.45) is 22.7. The molecule has 30 nitrogen and oxygen atoms in total. The number of hydrogen-bond acceptors (Lipinski definition) is 26. The van der Waals surface area contributed by atoms with Crippen LogP contribution in [-0.2, 0) is 84.8 Å². The third-order valence-electron chi connectivity index (χ3n) is 22.8. The molecule has 9 atom stereocenters. The molecule has 0 saturated heterocycles. The fourth-order valence-corrected chi connectivity index (χ4v) is 16.9. The number of nitrogens with one attached hydrogen (secondary N) is 12. The van der Waals surface area contributed by atoms with Crippen LogP contribution in [-0.4, -0.2) is 214 Å². The first-order valence-electron chi connectivity index (χ1n) is 52.2. The Morgan fingerprint density at radius 2 is 0.648 bits per heavy atom. The second kappa shape index (κ2) is 61.0. The summed E-state index contributed by atoms with van der Waals surface area (Å²) in [5.74, 6) is -4.29. The van der Waals surface area contributed by atoms with Gasteiger partial charge in [0.15, 0.2) is 22.5 Å². The zero-order valence-corrected chi connectivity index (χ0v) is 94.7. The van der Waals surface area contributed by atoms with Gasteiger partial charge in [-0.3, -0.25) is 77.2 Å².